The molecule has 1 aromatic carbocycles. The third-order valence-electron chi connectivity index (χ3n) is 3.04. The Bertz CT molecular complexity index is 782. The lowest BCUT2D eigenvalue weighted by atomic mass is 10.1. The maximum Gasteiger partial charge on any atom is 0.420 e. The van der Waals surface area contributed by atoms with Crippen molar-refractivity contribution in [3.63, 3.8) is 0 Å². The Labute approximate surface area is 133 Å². The van der Waals surface area contributed by atoms with E-state index in [-0.39, 0.29) is 6.54 Å². The molecule has 1 aromatic heterocycles. The fraction of sp³-hybridized carbons (Fsp3) is 0.438. The van der Waals surface area contributed by atoms with Gasteiger partial charge in [0.05, 0.1) is 5.52 Å². The molecular formula is C16H20N2O5. The van der Waals surface area contributed by atoms with Crippen LogP contribution in [0.15, 0.2) is 33.5 Å². The summed E-state index contributed by atoms with van der Waals surface area (Å²) in [6, 6.07) is 6.77. The predicted octanol–water partition coefficient (Wildman–Crippen LogP) is 1.44. The van der Waals surface area contributed by atoms with Crippen LogP contribution in [0.4, 0.5) is 0 Å². The zero-order valence-electron chi connectivity index (χ0n) is 13.6. The maximum atomic E-state index is 12.0. The van der Waals surface area contributed by atoms with E-state index in [0.717, 1.165) is 0 Å². The van der Waals surface area contributed by atoms with E-state index in [9.17, 15) is 14.4 Å². The van der Waals surface area contributed by atoms with Crippen LogP contribution < -0.4 is 11.1 Å². The average molecular weight is 320 g/mol. The lowest BCUT2D eigenvalue weighted by Crippen LogP contribution is -2.46. The summed E-state index contributed by atoms with van der Waals surface area (Å²) in [5.74, 6) is -1.72. The van der Waals surface area contributed by atoms with Crippen LogP contribution in [-0.4, -0.2) is 28.1 Å². The number of oxazole rings is 1. The molecule has 124 valence electrons. The summed E-state index contributed by atoms with van der Waals surface area (Å²) in [6.07, 6.45) is -0.949. The highest BCUT2D eigenvalue weighted by molar-refractivity contribution is 5.84. The molecule has 0 fully saturated rings. The smallest absolute Gasteiger partial charge is 0.420 e. The molecule has 0 saturated carbocycles. The lowest BCUT2D eigenvalue weighted by Gasteiger charge is -2.23. The molecule has 1 N–H and O–H groups in total. The molecule has 0 aliphatic heterocycles. The molecule has 2 aromatic rings. The van der Waals surface area contributed by atoms with E-state index in [2.05, 4.69) is 5.32 Å². The first-order valence-corrected chi connectivity index (χ1v) is 7.27. The third-order valence-corrected chi connectivity index (χ3v) is 3.04. The van der Waals surface area contributed by atoms with Crippen molar-refractivity contribution in [2.75, 3.05) is 0 Å². The third kappa shape index (κ3) is 4.21. The van der Waals surface area contributed by atoms with Crippen LogP contribution in [0, 0.1) is 0 Å². The first-order valence-electron chi connectivity index (χ1n) is 7.27. The van der Waals surface area contributed by atoms with Gasteiger partial charge in [-0.1, -0.05) is 12.1 Å². The van der Waals surface area contributed by atoms with Gasteiger partial charge in [-0.3, -0.25) is 14.2 Å². The number of ether oxygens (including phenoxy) is 1. The molecule has 1 atom stereocenters. The molecule has 0 radical (unpaired) electrons. The Hall–Kier alpha value is -2.57. The number of aromatic nitrogens is 1. The number of amides is 1. The number of esters is 1. The van der Waals surface area contributed by atoms with Gasteiger partial charge in [0.2, 0.25) is 0 Å². The monoisotopic (exact) mass is 320 g/mol. The second kappa shape index (κ2) is 6.28. The minimum Gasteiger partial charge on any atom is -0.451 e. The number of nitrogens with zero attached hydrogens (tertiary/aromatic N) is 1. The van der Waals surface area contributed by atoms with E-state index in [4.69, 9.17) is 9.15 Å². The first-order chi connectivity index (χ1) is 10.7. The second-order valence-electron chi connectivity index (χ2n) is 6.29. The van der Waals surface area contributed by atoms with Gasteiger partial charge in [0.25, 0.3) is 5.91 Å². The van der Waals surface area contributed by atoms with Gasteiger partial charge >= 0.3 is 11.7 Å². The number of para-hydroxylation sites is 2. The molecular weight excluding hydrogens is 300 g/mol. The number of rotatable bonds is 4. The van der Waals surface area contributed by atoms with E-state index in [1.807, 2.05) is 20.8 Å². The first kappa shape index (κ1) is 16.8. The SMILES string of the molecule is CC(OC(=O)Cn1c(=O)oc2ccccc21)C(=O)NC(C)(C)C. The number of carbonyl (C=O) groups is 2. The van der Waals surface area contributed by atoms with Gasteiger partial charge < -0.3 is 14.5 Å². The average Bonchev–Trinajstić information content (AvgIpc) is 2.73. The lowest BCUT2D eigenvalue weighted by molar-refractivity contribution is -0.155. The highest BCUT2D eigenvalue weighted by Gasteiger charge is 2.23. The van der Waals surface area contributed by atoms with Gasteiger partial charge in [-0.15, -0.1) is 0 Å². The van der Waals surface area contributed by atoms with Gasteiger partial charge in [-0.25, -0.2) is 4.79 Å². The highest BCUT2D eigenvalue weighted by Crippen LogP contribution is 2.12. The van der Waals surface area contributed by atoms with Crippen molar-refractivity contribution in [2.24, 2.45) is 0 Å². The van der Waals surface area contributed by atoms with Crippen LogP contribution in [0.5, 0.6) is 0 Å². The molecule has 2 rings (SSSR count). The van der Waals surface area contributed by atoms with Crippen molar-refractivity contribution < 1.29 is 18.7 Å². The number of hydrogen-bond acceptors (Lipinski definition) is 5. The Morgan fingerprint density at radius 2 is 1.96 bits per heavy atom. The van der Waals surface area contributed by atoms with E-state index in [1.54, 1.807) is 24.3 Å². The summed E-state index contributed by atoms with van der Waals surface area (Å²) >= 11 is 0. The minimum atomic E-state index is -0.949. The number of nitrogens with one attached hydrogen (secondary N) is 1. The van der Waals surface area contributed by atoms with E-state index < -0.39 is 29.3 Å². The number of carbonyl (C=O) groups excluding carboxylic acids is 2. The van der Waals surface area contributed by atoms with Crippen LogP contribution in [0.25, 0.3) is 11.1 Å². The molecule has 7 nitrogen and oxygen atoms in total. The summed E-state index contributed by atoms with van der Waals surface area (Å²) in [5.41, 5.74) is 0.472. The molecule has 0 saturated heterocycles. The molecule has 0 aliphatic rings. The molecule has 1 heterocycles. The Morgan fingerprint density at radius 1 is 1.30 bits per heavy atom. The number of fused-ring (bicyclic) bond motifs is 1. The summed E-state index contributed by atoms with van der Waals surface area (Å²) < 4.78 is 11.3. The summed E-state index contributed by atoms with van der Waals surface area (Å²) in [6.45, 7) is 6.65. The molecule has 7 heteroatoms. The molecule has 1 unspecified atom stereocenters. The zero-order chi connectivity index (χ0) is 17.2. The maximum absolute atomic E-state index is 12.0. The molecule has 1 amide bonds. The highest BCUT2D eigenvalue weighted by atomic mass is 16.5. The summed E-state index contributed by atoms with van der Waals surface area (Å²) in [5, 5.41) is 2.72. The van der Waals surface area contributed by atoms with Crippen LogP contribution in [-0.2, 0) is 20.9 Å². The fourth-order valence-corrected chi connectivity index (χ4v) is 2.05. The normalized spacial score (nSPS) is 12.9. The van der Waals surface area contributed by atoms with Crippen molar-refractivity contribution in [1.82, 2.24) is 9.88 Å². The Morgan fingerprint density at radius 3 is 2.61 bits per heavy atom. The quantitative estimate of drug-likeness (QED) is 0.861. The van der Waals surface area contributed by atoms with Gasteiger partial charge in [-0.2, -0.15) is 0 Å². The minimum absolute atomic E-state index is 0.316. The van der Waals surface area contributed by atoms with Crippen LogP contribution >= 0.6 is 0 Å². The molecule has 0 aliphatic carbocycles. The predicted molar refractivity (Wildman–Crippen MR) is 83.9 cm³/mol. The van der Waals surface area contributed by atoms with E-state index in [0.29, 0.717) is 11.1 Å². The number of benzene rings is 1. The van der Waals surface area contributed by atoms with Gasteiger partial charge in [0.15, 0.2) is 11.7 Å². The van der Waals surface area contributed by atoms with Crippen LogP contribution in [0.2, 0.25) is 0 Å². The molecule has 0 spiro atoms. The van der Waals surface area contributed by atoms with Crippen molar-refractivity contribution in [2.45, 2.75) is 45.9 Å². The van der Waals surface area contributed by atoms with Gasteiger partial charge in [0.1, 0.15) is 6.54 Å². The van der Waals surface area contributed by atoms with Gasteiger partial charge in [0, 0.05) is 5.54 Å². The topological polar surface area (TPSA) is 90.5 Å². The van der Waals surface area contributed by atoms with Gasteiger partial charge in [-0.05, 0) is 39.8 Å². The molecule has 23 heavy (non-hydrogen) atoms. The standard InChI is InChI=1S/C16H20N2O5/c1-10(14(20)17-16(2,3)4)22-13(19)9-18-11-7-5-6-8-12(11)23-15(18)21/h5-8,10H,9H2,1-4H3,(H,17,20). The molecule has 0 bridgehead atoms. The van der Waals surface area contributed by atoms with Crippen molar-refractivity contribution in [1.29, 1.82) is 0 Å². The summed E-state index contributed by atoms with van der Waals surface area (Å²) in [7, 11) is 0. The number of hydrogen-bond donors (Lipinski definition) is 1. The van der Waals surface area contributed by atoms with Crippen LogP contribution in [0.3, 0.4) is 0 Å². The Kier molecular flexibility index (Phi) is 4.58. The fourth-order valence-electron chi connectivity index (χ4n) is 2.05. The second-order valence-corrected chi connectivity index (χ2v) is 6.29. The summed E-state index contributed by atoms with van der Waals surface area (Å²) in [4.78, 5) is 35.7. The zero-order valence-corrected chi connectivity index (χ0v) is 13.6. The van der Waals surface area contributed by atoms with Crippen molar-refractivity contribution in [3.05, 3.63) is 34.8 Å². The largest absolute Gasteiger partial charge is 0.451 e. The van der Waals surface area contributed by atoms with E-state index >= 15 is 0 Å². The Balaban J connectivity index is 2.06. The van der Waals surface area contributed by atoms with Crippen molar-refractivity contribution in [3.8, 4) is 0 Å². The van der Waals surface area contributed by atoms with Crippen LogP contribution in [0.1, 0.15) is 27.7 Å². The van der Waals surface area contributed by atoms with E-state index in [1.165, 1.54) is 11.5 Å². The van der Waals surface area contributed by atoms with Crippen molar-refractivity contribution >= 4 is 23.0 Å².